The molecule has 31 heavy (non-hydrogen) atoms. The minimum atomic E-state index is -0.0549. The molecule has 6 heteroatoms. The first-order valence-electron chi connectivity index (χ1n) is 10.3. The lowest BCUT2D eigenvalue weighted by Gasteiger charge is -2.25. The number of ether oxygens (including phenoxy) is 2. The van der Waals surface area contributed by atoms with Crippen LogP contribution in [0, 0.1) is 0 Å². The third-order valence-electron chi connectivity index (χ3n) is 5.15. The van der Waals surface area contributed by atoms with Gasteiger partial charge in [-0.1, -0.05) is 66.7 Å². The second kappa shape index (κ2) is 10.3. The number of nitrogens with zero attached hydrogens (tertiary/aromatic N) is 1. The van der Waals surface area contributed by atoms with Crippen LogP contribution in [0.15, 0.2) is 78.9 Å². The van der Waals surface area contributed by atoms with Crippen molar-refractivity contribution in [1.82, 2.24) is 10.2 Å². The molecule has 3 aromatic carbocycles. The van der Waals surface area contributed by atoms with Gasteiger partial charge in [0.15, 0.2) is 11.5 Å². The first kappa shape index (κ1) is 21.1. The summed E-state index contributed by atoms with van der Waals surface area (Å²) >= 11 is 1.76. The van der Waals surface area contributed by atoms with Gasteiger partial charge in [-0.15, -0.1) is 11.8 Å². The van der Waals surface area contributed by atoms with Gasteiger partial charge < -0.3 is 19.7 Å². The van der Waals surface area contributed by atoms with Crippen LogP contribution in [0.1, 0.15) is 22.1 Å². The molecule has 4 rings (SSSR count). The third kappa shape index (κ3) is 5.33. The van der Waals surface area contributed by atoms with Crippen molar-refractivity contribution in [2.24, 2.45) is 0 Å². The summed E-state index contributed by atoms with van der Waals surface area (Å²) in [5.41, 5.74) is 3.20. The molecule has 1 aliphatic rings. The zero-order chi connectivity index (χ0) is 21.5. The van der Waals surface area contributed by atoms with Gasteiger partial charge in [0.05, 0.1) is 7.11 Å². The predicted molar refractivity (Wildman–Crippen MR) is 124 cm³/mol. The number of benzene rings is 3. The molecule has 1 unspecified atom stereocenters. The van der Waals surface area contributed by atoms with Crippen LogP contribution in [0.25, 0.3) is 0 Å². The predicted octanol–water partition coefficient (Wildman–Crippen LogP) is 5.23. The van der Waals surface area contributed by atoms with Gasteiger partial charge in [-0.05, 0) is 28.8 Å². The lowest BCUT2D eigenvalue weighted by atomic mass is 10.1. The summed E-state index contributed by atoms with van der Waals surface area (Å²) in [6, 6.07) is 25.8. The average Bonchev–Trinajstić information content (AvgIpc) is 3.32. The van der Waals surface area contributed by atoms with Gasteiger partial charge in [0.1, 0.15) is 12.0 Å². The van der Waals surface area contributed by atoms with E-state index in [-0.39, 0.29) is 11.4 Å². The molecule has 0 aliphatic carbocycles. The van der Waals surface area contributed by atoms with E-state index in [4.69, 9.17) is 9.47 Å². The smallest absolute Gasteiger partial charge is 0.318 e. The molecular formula is C25H26N2O3S. The molecule has 0 aromatic heterocycles. The van der Waals surface area contributed by atoms with E-state index in [0.717, 1.165) is 22.4 Å². The van der Waals surface area contributed by atoms with E-state index in [9.17, 15) is 4.79 Å². The van der Waals surface area contributed by atoms with Gasteiger partial charge in [0.2, 0.25) is 0 Å². The Balaban J connectivity index is 1.46. The summed E-state index contributed by atoms with van der Waals surface area (Å²) in [7, 11) is 1.64. The zero-order valence-corrected chi connectivity index (χ0v) is 18.3. The Kier molecular flexibility index (Phi) is 6.99. The highest BCUT2D eigenvalue weighted by Crippen LogP contribution is 2.41. The van der Waals surface area contributed by atoms with Crippen molar-refractivity contribution in [2.45, 2.75) is 18.5 Å². The van der Waals surface area contributed by atoms with Crippen molar-refractivity contribution in [2.75, 3.05) is 19.4 Å². The van der Waals surface area contributed by atoms with Crippen molar-refractivity contribution in [3.05, 3.63) is 95.6 Å². The molecular weight excluding hydrogens is 408 g/mol. The normalized spacial score (nSPS) is 15.5. The molecule has 0 radical (unpaired) electrons. The molecule has 2 amide bonds. The summed E-state index contributed by atoms with van der Waals surface area (Å²) in [5.74, 6) is 2.26. The summed E-state index contributed by atoms with van der Waals surface area (Å²) in [6.07, 6.45) is 0. The van der Waals surface area contributed by atoms with Crippen molar-refractivity contribution in [1.29, 1.82) is 0 Å². The minimum absolute atomic E-state index is 0.0542. The number of carbonyl (C=O) groups is 1. The first-order chi connectivity index (χ1) is 15.2. The van der Waals surface area contributed by atoms with Crippen molar-refractivity contribution in [3.63, 3.8) is 0 Å². The monoisotopic (exact) mass is 434 g/mol. The molecule has 0 saturated carbocycles. The lowest BCUT2D eigenvalue weighted by Crippen LogP contribution is -2.39. The largest absolute Gasteiger partial charge is 0.493 e. The van der Waals surface area contributed by atoms with Gasteiger partial charge in [-0.2, -0.15) is 0 Å². The highest BCUT2D eigenvalue weighted by atomic mass is 32.2. The van der Waals surface area contributed by atoms with Crippen LogP contribution in [0.4, 0.5) is 4.79 Å². The van der Waals surface area contributed by atoms with Gasteiger partial charge >= 0.3 is 6.03 Å². The van der Waals surface area contributed by atoms with E-state index in [2.05, 4.69) is 5.32 Å². The number of urea groups is 1. The van der Waals surface area contributed by atoms with Crippen LogP contribution in [-0.4, -0.2) is 30.3 Å². The maximum Gasteiger partial charge on any atom is 0.318 e. The number of hydrogen-bond acceptors (Lipinski definition) is 4. The molecule has 1 aliphatic heterocycles. The van der Waals surface area contributed by atoms with Crippen LogP contribution < -0.4 is 14.8 Å². The number of rotatable bonds is 7. The second-order valence-corrected chi connectivity index (χ2v) is 8.43. The summed E-state index contributed by atoms with van der Waals surface area (Å²) in [4.78, 5) is 14.8. The number of hydrogen-bond donors (Lipinski definition) is 1. The van der Waals surface area contributed by atoms with E-state index >= 15 is 0 Å². The number of carbonyl (C=O) groups excluding carboxylic acids is 1. The molecule has 1 saturated heterocycles. The summed E-state index contributed by atoms with van der Waals surface area (Å²) in [6.45, 7) is 1.68. The van der Waals surface area contributed by atoms with Crippen LogP contribution >= 0.6 is 11.8 Å². The van der Waals surface area contributed by atoms with E-state index < -0.39 is 0 Å². The fourth-order valence-electron chi connectivity index (χ4n) is 3.52. The molecule has 160 valence electrons. The van der Waals surface area contributed by atoms with Crippen LogP contribution in [0.5, 0.6) is 11.5 Å². The van der Waals surface area contributed by atoms with Gasteiger partial charge in [0, 0.05) is 18.8 Å². The fraction of sp³-hybridized carbons (Fsp3) is 0.240. The maximum absolute atomic E-state index is 12.9. The van der Waals surface area contributed by atoms with Gasteiger partial charge in [-0.3, -0.25) is 0 Å². The molecule has 1 fully saturated rings. The zero-order valence-electron chi connectivity index (χ0n) is 17.5. The van der Waals surface area contributed by atoms with Crippen LogP contribution in [-0.2, 0) is 13.2 Å². The Bertz CT molecular complexity index is 998. The Morgan fingerprint density at radius 2 is 1.71 bits per heavy atom. The highest BCUT2D eigenvalue weighted by molar-refractivity contribution is 7.99. The van der Waals surface area contributed by atoms with Crippen molar-refractivity contribution < 1.29 is 14.3 Å². The minimum Gasteiger partial charge on any atom is -0.493 e. The van der Waals surface area contributed by atoms with E-state index in [0.29, 0.717) is 31.2 Å². The summed E-state index contributed by atoms with van der Waals surface area (Å²) < 4.78 is 11.6. The Labute approximate surface area is 187 Å². The molecule has 0 bridgehead atoms. The second-order valence-electron chi connectivity index (χ2n) is 7.25. The molecule has 1 atom stereocenters. The fourth-order valence-corrected chi connectivity index (χ4v) is 4.77. The van der Waals surface area contributed by atoms with E-state index in [1.165, 1.54) is 0 Å². The van der Waals surface area contributed by atoms with Crippen molar-refractivity contribution in [3.8, 4) is 11.5 Å². The Morgan fingerprint density at radius 1 is 1.00 bits per heavy atom. The summed E-state index contributed by atoms with van der Waals surface area (Å²) in [5, 5.41) is 2.99. The maximum atomic E-state index is 12.9. The van der Waals surface area contributed by atoms with Crippen molar-refractivity contribution >= 4 is 17.8 Å². The first-order valence-corrected chi connectivity index (χ1v) is 11.3. The highest BCUT2D eigenvalue weighted by Gasteiger charge is 2.31. The van der Waals surface area contributed by atoms with Gasteiger partial charge in [0.25, 0.3) is 0 Å². The Hall–Kier alpha value is -3.12. The average molecular weight is 435 g/mol. The van der Waals surface area contributed by atoms with E-state index in [1.54, 1.807) is 18.9 Å². The number of methoxy groups -OCH3 is 1. The quantitative estimate of drug-likeness (QED) is 0.553. The SMILES string of the molecule is COc1ccc(C2SCCN2C(=O)NCc2ccccc2)cc1OCc1ccccc1. The molecule has 1 N–H and O–H groups in total. The molecule has 5 nitrogen and oxygen atoms in total. The Morgan fingerprint density at radius 3 is 2.42 bits per heavy atom. The number of amides is 2. The van der Waals surface area contributed by atoms with Crippen LogP contribution in [0.3, 0.4) is 0 Å². The third-order valence-corrected chi connectivity index (χ3v) is 6.41. The lowest BCUT2D eigenvalue weighted by molar-refractivity contribution is 0.199. The topological polar surface area (TPSA) is 50.8 Å². The molecule has 0 spiro atoms. The van der Waals surface area contributed by atoms with Crippen LogP contribution in [0.2, 0.25) is 0 Å². The molecule has 1 heterocycles. The molecule has 3 aromatic rings. The van der Waals surface area contributed by atoms with E-state index in [1.807, 2.05) is 83.8 Å². The standard InChI is InChI=1S/C25H26N2O3S/c1-29-22-13-12-21(16-23(22)30-18-20-10-6-3-7-11-20)24-27(14-15-31-24)25(28)26-17-19-8-4-2-5-9-19/h2-13,16,24H,14-15,17-18H2,1H3,(H,26,28). The number of thioether (sulfide) groups is 1. The number of nitrogens with one attached hydrogen (secondary N) is 1. The van der Waals surface area contributed by atoms with Gasteiger partial charge in [-0.25, -0.2) is 4.79 Å².